The lowest BCUT2D eigenvalue weighted by atomic mass is 9.91. The fraction of sp³-hybridized carbons (Fsp3) is 0.611. The van der Waals surface area contributed by atoms with Gasteiger partial charge in [0.2, 0.25) is 5.91 Å². The zero-order chi connectivity index (χ0) is 18.9. The summed E-state index contributed by atoms with van der Waals surface area (Å²) in [6.07, 6.45) is 0.238. The summed E-state index contributed by atoms with van der Waals surface area (Å²) in [5.74, 6) is -3.28. The lowest BCUT2D eigenvalue weighted by Crippen LogP contribution is -2.43. The number of ether oxygens (including phenoxy) is 2. The molecular formula is C18H24ClF3N2O3. The molecule has 9 heteroatoms. The van der Waals surface area contributed by atoms with Crippen molar-refractivity contribution >= 4 is 18.3 Å². The van der Waals surface area contributed by atoms with E-state index in [2.05, 4.69) is 5.32 Å². The summed E-state index contributed by atoms with van der Waals surface area (Å²) in [5.41, 5.74) is 0.463. The summed E-state index contributed by atoms with van der Waals surface area (Å²) >= 11 is 0. The van der Waals surface area contributed by atoms with E-state index < -0.39 is 30.7 Å². The number of nitrogens with one attached hydrogen (secondary N) is 1. The SMILES string of the molecule is COc1cc(OC2CC(F)(F)C2)c(F)cc1CNC(=O)C1CCCN1C.Cl. The first kappa shape index (κ1) is 21.6. The summed E-state index contributed by atoms with van der Waals surface area (Å²) in [7, 11) is 3.32. The first-order chi connectivity index (χ1) is 12.3. The van der Waals surface area contributed by atoms with E-state index in [1.807, 2.05) is 11.9 Å². The standard InChI is InChI=1S/C18H23F3N2O3.ClH/c1-23-5-3-4-14(23)17(24)22-10-11-6-13(19)16(7-15(11)25-2)26-12-8-18(20,21)9-12;/h6-7,12,14H,3-5,8-10H2,1-2H3,(H,22,24);1H. The summed E-state index contributed by atoms with van der Waals surface area (Å²) in [4.78, 5) is 14.2. The number of methoxy groups -OCH3 is 1. The molecule has 1 aliphatic heterocycles. The Morgan fingerprint density at radius 3 is 2.59 bits per heavy atom. The smallest absolute Gasteiger partial charge is 0.255 e. The number of carbonyl (C=O) groups is 1. The molecule has 1 saturated heterocycles. The number of likely N-dealkylation sites (tertiary alicyclic amines) is 1. The number of amides is 1. The molecule has 1 N–H and O–H groups in total. The predicted octanol–water partition coefficient (Wildman–Crippen LogP) is 3.14. The number of rotatable bonds is 6. The van der Waals surface area contributed by atoms with Gasteiger partial charge in [0.15, 0.2) is 11.6 Å². The molecule has 1 unspecified atom stereocenters. The number of hydrogen-bond donors (Lipinski definition) is 1. The van der Waals surface area contributed by atoms with Crippen molar-refractivity contribution in [2.45, 2.75) is 50.3 Å². The molecule has 2 fully saturated rings. The molecule has 1 heterocycles. The number of alkyl halides is 2. The number of benzene rings is 1. The van der Waals surface area contributed by atoms with Crippen LogP contribution in [0.2, 0.25) is 0 Å². The quantitative estimate of drug-likeness (QED) is 0.785. The second-order valence-corrected chi connectivity index (χ2v) is 6.95. The Balaban J connectivity index is 0.00000261. The van der Waals surface area contributed by atoms with Gasteiger partial charge in [-0.2, -0.15) is 0 Å². The molecule has 0 radical (unpaired) electrons. The number of carbonyl (C=O) groups excluding carboxylic acids is 1. The maximum atomic E-state index is 14.3. The van der Waals surface area contributed by atoms with Gasteiger partial charge in [-0.3, -0.25) is 9.69 Å². The van der Waals surface area contributed by atoms with E-state index in [0.717, 1.165) is 19.4 Å². The molecule has 152 valence electrons. The topological polar surface area (TPSA) is 50.8 Å². The van der Waals surface area contributed by atoms with Crippen molar-refractivity contribution in [3.05, 3.63) is 23.5 Å². The molecule has 1 atom stereocenters. The normalized spacial score (nSPS) is 21.9. The number of halogens is 4. The Bertz CT molecular complexity index is 682. The summed E-state index contributed by atoms with van der Waals surface area (Å²) in [6.45, 7) is 0.993. The molecule has 1 aromatic carbocycles. The average Bonchev–Trinajstić information content (AvgIpc) is 2.99. The van der Waals surface area contributed by atoms with Crippen LogP contribution in [0.5, 0.6) is 11.5 Å². The van der Waals surface area contributed by atoms with Crippen LogP contribution in [0.3, 0.4) is 0 Å². The fourth-order valence-corrected chi connectivity index (χ4v) is 3.41. The van der Waals surface area contributed by atoms with Gasteiger partial charge >= 0.3 is 0 Å². The van der Waals surface area contributed by atoms with Crippen molar-refractivity contribution in [3.8, 4) is 11.5 Å². The first-order valence-corrected chi connectivity index (χ1v) is 8.68. The van der Waals surface area contributed by atoms with Crippen LogP contribution in [-0.4, -0.2) is 49.6 Å². The van der Waals surface area contributed by atoms with Crippen LogP contribution in [0.15, 0.2) is 12.1 Å². The van der Waals surface area contributed by atoms with Gasteiger partial charge in [0, 0.05) is 31.0 Å². The Morgan fingerprint density at radius 1 is 1.33 bits per heavy atom. The zero-order valence-corrected chi connectivity index (χ0v) is 16.1. The minimum absolute atomic E-state index is 0. The molecule has 3 rings (SSSR count). The number of likely N-dealkylation sites (N-methyl/N-ethyl adjacent to an activating group) is 1. The van der Waals surface area contributed by atoms with Crippen LogP contribution in [0.4, 0.5) is 13.2 Å². The van der Waals surface area contributed by atoms with Crippen molar-refractivity contribution in [3.63, 3.8) is 0 Å². The highest BCUT2D eigenvalue weighted by Crippen LogP contribution is 2.41. The van der Waals surface area contributed by atoms with Crippen LogP contribution in [0.25, 0.3) is 0 Å². The molecular weight excluding hydrogens is 385 g/mol. The number of hydrogen-bond acceptors (Lipinski definition) is 4. The Kier molecular flexibility index (Phi) is 6.86. The lowest BCUT2D eigenvalue weighted by molar-refractivity contribution is -0.135. The van der Waals surface area contributed by atoms with Crippen LogP contribution >= 0.6 is 12.4 Å². The lowest BCUT2D eigenvalue weighted by Gasteiger charge is -2.35. The monoisotopic (exact) mass is 408 g/mol. The Morgan fingerprint density at radius 2 is 2.04 bits per heavy atom. The summed E-state index contributed by atoms with van der Waals surface area (Å²) < 4.78 is 50.6. The van der Waals surface area contributed by atoms with Crippen molar-refractivity contribution in [1.82, 2.24) is 10.2 Å². The second kappa shape index (κ2) is 8.56. The highest BCUT2D eigenvalue weighted by molar-refractivity contribution is 5.85. The van der Waals surface area contributed by atoms with Gasteiger partial charge in [-0.1, -0.05) is 0 Å². The van der Waals surface area contributed by atoms with E-state index in [-0.39, 0.29) is 36.7 Å². The zero-order valence-electron chi connectivity index (χ0n) is 15.3. The van der Waals surface area contributed by atoms with Gasteiger partial charge < -0.3 is 14.8 Å². The fourth-order valence-electron chi connectivity index (χ4n) is 3.41. The first-order valence-electron chi connectivity index (χ1n) is 8.68. The molecule has 2 aliphatic rings. The largest absolute Gasteiger partial charge is 0.496 e. The predicted molar refractivity (Wildman–Crippen MR) is 96.3 cm³/mol. The highest BCUT2D eigenvalue weighted by Gasteiger charge is 2.47. The van der Waals surface area contributed by atoms with Crippen LogP contribution < -0.4 is 14.8 Å². The minimum Gasteiger partial charge on any atom is -0.496 e. The molecule has 1 amide bonds. The van der Waals surface area contributed by atoms with Gasteiger partial charge in [-0.25, -0.2) is 13.2 Å². The molecule has 27 heavy (non-hydrogen) atoms. The van der Waals surface area contributed by atoms with Crippen molar-refractivity contribution in [1.29, 1.82) is 0 Å². The van der Waals surface area contributed by atoms with Crippen LogP contribution in [0, 0.1) is 5.82 Å². The Hall–Kier alpha value is -1.67. The third-order valence-electron chi connectivity index (χ3n) is 4.96. The van der Waals surface area contributed by atoms with Gasteiger partial charge in [0.1, 0.15) is 11.9 Å². The summed E-state index contributed by atoms with van der Waals surface area (Å²) in [5, 5.41) is 2.80. The summed E-state index contributed by atoms with van der Waals surface area (Å²) in [6, 6.07) is 2.38. The number of nitrogens with zero attached hydrogens (tertiary/aromatic N) is 1. The van der Waals surface area contributed by atoms with E-state index in [4.69, 9.17) is 9.47 Å². The van der Waals surface area contributed by atoms with E-state index in [0.29, 0.717) is 11.3 Å². The van der Waals surface area contributed by atoms with Gasteiger partial charge in [-0.05, 0) is 32.5 Å². The highest BCUT2D eigenvalue weighted by atomic mass is 35.5. The third-order valence-corrected chi connectivity index (χ3v) is 4.96. The molecule has 0 spiro atoms. The maximum absolute atomic E-state index is 14.3. The molecule has 1 aliphatic carbocycles. The maximum Gasteiger partial charge on any atom is 0.255 e. The van der Waals surface area contributed by atoms with E-state index in [1.165, 1.54) is 19.2 Å². The van der Waals surface area contributed by atoms with Gasteiger partial charge in [0.25, 0.3) is 5.92 Å². The van der Waals surface area contributed by atoms with Crippen molar-refractivity contribution in [2.75, 3.05) is 20.7 Å². The minimum atomic E-state index is -2.73. The van der Waals surface area contributed by atoms with Crippen LogP contribution in [-0.2, 0) is 11.3 Å². The molecule has 1 saturated carbocycles. The van der Waals surface area contributed by atoms with Gasteiger partial charge in [0.05, 0.1) is 13.2 Å². The second-order valence-electron chi connectivity index (χ2n) is 6.95. The average molecular weight is 409 g/mol. The van der Waals surface area contributed by atoms with Crippen LogP contribution in [0.1, 0.15) is 31.2 Å². The van der Waals surface area contributed by atoms with E-state index >= 15 is 0 Å². The molecule has 0 bridgehead atoms. The molecule has 5 nitrogen and oxygen atoms in total. The Labute approximate surface area is 162 Å². The third kappa shape index (κ3) is 4.99. The van der Waals surface area contributed by atoms with Crippen molar-refractivity contribution < 1.29 is 27.4 Å². The van der Waals surface area contributed by atoms with E-state index in [9.17, 15) is 18.0 Å². The van der Waals surface area contributed by atoms with E-state index in [1.54, 1.807) is 0 Å². The van der Waals surface area contributed by atoms with Crippen molar-refractivity contribution in [2.24, 2.45) is 0 Å². The molecule has 1 aromatic rings. The molecule has 0 aromatic heterocycles. The van der Waals surface area contributed by atoms with Gasteiger partial charge in [-0.15, -0.1) is 12.4 Å².